The van der Waals surface area contributed by atoms with Crippen molar-refractivity contribution in [2.75, 3.05) is 19.9 Å². The van der Waals surface area contributed by atoms with E-state index in [9.17, 15) is 9.18 Å². The third-order valence-electron chi connectivity index (χ3n) is 4.39. The van der Waals surface area contributed by atoms with Gasteiger partial charge < -0.3 is 14.2 Å². The lowest BCUT2D eigenvalue weighted by molar-refractivity contribution is -0.127. The van der Waals surface area contributed by atoms with Crippen molar-refractivity contribution in [1.82, 2.24) is 19.7 Å². The summed E-state index contributed by atoms with van der Waals surface area (Å²) in [5.41, 5.74) is 0.719. The van der Waals surface area contributed by atoms with Crippen LogP contribution < -0.4 is 4.74 Å². The molecule has 26 heavy (non-hydrogen) atoms. The van der Waals surface area contributed by atoms with Crippen molar-refractivity contribution in [3.63, 3.8) is 0 Å². The lowest BCUT2D eigenvalue weighted by Crippen LogP contribution is -2.28. The molecular formula is C18H23FN4O2S. The molecule has 6 nitrogen and oxygen atoms in total. The summed E-state index contributed by atoms with van der Waals surface area (Å²) < 4.78 is 20.8. The number of nitrogens with zero attached hydrogens (tertiary/aromatic N) is 4. The number of halogens is 1. The highest BCUT2D eigenvalue weighted by Crippen LogP contribution is 2.40. The minimum absolute atomic E-state index is 0.0372. The molecule has 1 heterocycles. The molecule has 1 aromatic carbocycles. The van der Waals surface area contributed by atoms with Gasteiger partial charge >= 0.3 is 0 Å². The molecule has 1 amide bonds. The van der Waals surface area contributed by atoms with E-state index >= 15 is 0 Å². The average Bonchev–Trinajstić information content (AvgIpc) is 3.39. The predicted molar refractivity (Wildman–Crippen MR) is 97.8 cm³/mol. The highest BCUT2D eigenvalue weighted by Gasteiger charge is 2.30. The Labute approximate surface area is 156 Å². The molecule has 0 N–H and O–H groups in total. The van der Waals surface area contributed by atoms with E-state index in [1.54, 1.807) is 24.1 Å². The summed E-state index contributed by atoms with van der Waals surface area (Å²) in [5, 5.41) is 9.30. The van der Waals surface area contributed by atoms with E-state index in [4.69, 9.17) is 4.74 Å². The largest absolute Gasteiger partial charge is 0.494 e. The zero-order valence-corrected chi connectivity index (χ0v) is 16.1. The lowest BCUT2D eigenvalue weighted by atomic mass is 10.2. The van der Waals surface area contributed by atoms with Gasteiger partial charge in [0.15, 0.2) is 16.7 Å². The minimum Gasteiger partial charge on any atom is -0.494 e. The Hall–Kier alpha value is -2.09. The number of carbonyl (C=O) groups is 1. The van der Waals surface area contributed by atoms with Crippen LogP contribution in [0.3, 0.4) is 0 Å². The predicted octanol–water partition coefficient (Wildman–Crippen LogP) is 3.07. The number of amides is 1. The molecule has 1 aromatic heterocycles. The average molecular weight is 378 g/mol. The summed E-state index contributed by atoms with van der Waals surface area (Å²) in [6.45, 7) is 3.20. The maximum Gasteiger partial charge on any atom is 0.233 e. The number of carbonyl (C=O) groups excluding carboxylic acids is 1. The Morgan fingerprint density at radius 2 is 2.19 bits per heavy atom. The van der Waals surface area contributed by atoms with Gasteiger partial charge in [-0.1, -0.05) is 17.8 Å². The van der Waals surface area contributed by atoms with Gasteiger partial charge in [-0.25, -0.2) is 4.39 Å². The Kier molecular flexibility index (Phi) is 5.80. The van der Waals surface area contributed by atoms with E-state index in [0.717, 1.165) is 23.1 Å². The van der Waals surface area contributed by atoms with Gasteiger partial charge in [0.1, 0.15) is 5.82 Å². The van der Waals surface area contributed by atoms with Crippen LogP contribution in [0.25, 0.3) is 0 Å². The van der Waals surface area contributed by atoms with Crippen LogP contribution in [0.5, 0.6) is 5.75 Å². The first-order valence-electron chi connectivity index (χ1n) is 8.65. The number of rotatable bonds is 8. The second-order valence-corrected chi connectivity index (χ2v) is 7.31. The SMILES string of the molecule is CCn1c(SCC(=O)N(C)Cc2ccc(OC)c(F)c2)nnc1C1CC1. The quantitative estimate of drug-likeness (QED) is 0.661. The van der Waals surface area contributed by atoms with Crippen molar-refractivity contribution in [3.8, 4) is 5.75 Å². The van der Waals surface area contributed by atoms with Crippen molar-refractivity contribution in [2.45, 2.75) is 43.9 Å². The van der Waals surface area contributed by atoms with E-state index in [2.05, 4.69) is 21.7 Å². The topological polar surface area (TPSA) is 60.2 Å². The first-order valence-corrected chi connectivity index (χ1v) is 9.64. The van der Waals surface area contributed by atoms with E-state index in [1.165, 1.54) is 37.8 Å². The van der Waals surface area contributed by atoms with Crippen LogP contribution in [0.1, 0.15) is 37.1 Å². The summed E-state index contributed by atoms with van der Waals surface area (Å²) in [5.74, 6) is 1.57. The Morgan fingerprint density at radius 1 is 1.42 bits per heavy atom. The minimum atomic E-state index is -0.427. The van der Waals surface area contributed by atoms with E-state index in [-0.39, 0.29) is 17.4 Å². The van der Waals surface area contributed by atoms with Crippen molar-refractivity contribution in [2.24, 2.45) is 0 Å². The first kappa shape index (κ1) is 18.7. The van der Waals surface area contributed by atoms with Crippen LogP contribution in [0.15, 0.2) is 23.4 Å². The summed E-state index contributed by atoms with van der Waals surface area (Å²) >= 11 is 1.40. The number of hydrogen-bond donors (Lipinski definition) is 0. The summed E-state index contributed by atoms with van der Waals surface area (Å²) in [6, 6.07) is 4.72. The standard InChI is InChI=1S/C18H23FN4O2S/c1-4-23-17(13-6-7-13)20-21-18(23)26-11-16(24)22(2)10-12-5-8-15(25-3)14(19)9-12/h5,8-9,13H,4,6-7,10-11H2,1-3H3. The molecule has 0 spiro atoms. The van der Waals surface area contributed by atoms with Crippen LogP contribution in [-0.4, -0.2) is 45.5 Å². The third-order valence-corrected chi connectivity index (χ3v) is 5.34. The van der Waals surface area contributed by atoms with Gasteiger partial charge in [-0.05, 0) is 37.5 Å². The van der Waals surface area contributed by atoms with Gasteiger partial charge in [-0.15, -0.1) is 10.2 Å². The van der Waals surface area contributed by atoms with Crippen LogP contribution in [-0.2, 0) is 17.9 Å². The third kappa shape index (κ3) is 4.17. The van der Waals surface area contributed by atoms with Gasteiger partial charge in [0.2, 0.25) is 5.91 Å². The normalized spacial score (nSPS) is 13.7. The second-order valence-electron chi connectivity index (χ2n) is 6.37. The fourth-order valence-electron chi connectivity index (χ4n) is 2.75. The van der Waals surface area contributed by atoms with Gasteiger partial charge in [0.25, 0.3) is 0 Å². The van der Waals surface area contributed by atoms with Crippen molar-refractivity contribution in [1.29, 1.82) is 0 Å². The van der Waals surface area contributed by atoms with Crippen LogP contribution in [0.2, 0.25) is 0 Å². The molecule has 1 aliphatic rings. The van der Waals surface area contributed by atoms with Gasteiger partial charge in [0, 0.05) is 26.1 Å². The molecule has 0 atom stereocenters. The van der Waals surface area contributed by atoms with Gasteiger partial charge in [-0.2, -0.15) is 0 Å². The second kappa shape index (κ2) is 8.07. The van der Waals surface area contributed by atoms with Crippen molar-refractivity contribution >= 4 is 17.7 Å². The zero-order chi connectivity index (χ0) is 18.7. The molecule has 0 aliphatic heterocycles. The molecule has 0 unspecified atom stereocenters. The Balaban J connectivity index is 1.57. The van der Waals surface area contributed by atoms with Crippen molar-refractivity contribution in [3.05, 3.63) is 35.4 Å². The molecule has 0 radical (unpaired) electrons. The molecule has 2 aromatic rings. The molecule has 0 saturated heterocycles. The van der Waals surface area contributed by atoms with Gasteiger partial charge in [0.05, 0.1) is 12.9 Å². The Bertz CT molecular complexity index is 791. The first-order chi connectivity index (χ1) is 12.5. The maximum atomic E-state index is 13.8. The van der Waals surface area contributed by atoms with E-state index in [0.29, 0.717) is 12.5 Å². The Morgan fingerprint density at radius 3 is 2.81 bits per heavy atom. The monoisotopic (exact) mass is 378 g/mol. The number of thioether (sulfide) groups is 1. The fourth-order valence-corrected chi connectivity index (χ4v) is 3.70. The highest BCUT2D eigenvalue weighted by molar-refractivity contribution is 7.99. The number of methoxy groups -OCH3 is 1. The molecule has 8 heteroatoms. The molecule has 140 valence electrons. The lowest BCUT2D eigenvalue weighted by Gasteiger charge is -2.17. The van der Waals surface area contributed by atoms with E-state index in [1.807, 2.05) is 0 Å². The maximum absolute atomic E-state index is 13.8. The number of hydrogen-bond acceptors (Lipinski definition) is 5. The zero-order valence-electron chi connectivity index (χ0n) is 15.2. The summed E-state index contributed by atoms with van der Waals surface area (Å²) in [4.78, 5) is 14.0. The number of benzene rings is 1. The van der Waals surface area contributed by atoms with E-state index < -0.39 is 5.82 Å². The van der Waals surface area contributed by atoms with Crippen molar-refractivity contribution < 1.29 is 13.9 Å². The highest BCUT2D eigenvalue weighted by atomic mass is 32.2. The van der Waals surface area contributed by atoms with Gasteiger partial charge in [-0.3, -0.25) is 4.79 Å². The smallest absolute Gasteiger partial charge is 0.233 e. The fraction of sp³-hybridized carbons (Fsp3) is 0.500. The summed E-state index contributed by atoms with van der Waals surface area (Å²) in [6.07, 6.45) is 2.34. The number of aromatic nitrogens is 3. The number of ether oxygens (including phenoxy) is 1. The van der Waals surface area contributed by atoms with Crippen LogP contribution in [0, 0.1) is 5.82 Å². The molecule has 1 aliphatic carbocycles. The summed E-state index contributed by atoms with van der Waals surface area (Å²) in [7, 11) is 3.14. The molecule has 3 rings (SSSR count). The molecule has 1 saturated carbocycles. The molecular weight excluding hydrogens is 355 g/mol. The molecule has 1 fully saturated rings. The molecule has 0 bridgehead atoms. The van der Waals surface area contributed by atoms with Crippen LogP contribution >= 0.6 is 11.8 Å². The van der Waals surface area contributed by atoms with Crippen LogP contribution in [0.4, 0.5) is 4.39 Å².